The van der Waals surface area contributed by atoms with Crippen LogP contribution in [0.25, 0.3) is 0 Å². The Kier molecular flexibility index (Phi) is 8.07. The van der Waals surface area contributed by atoms with Gasteiger partial charge >= 0.3 is 0 Å². The van der Waals surface area contributed by atoms with E-state index < -0.39 is 0 Å². The van der Waals surface area contributed by atoms with Crippen molar-refractivity contribution in [2.75, 3.05) is 39.5 Å². The number of guanidine groups is 1. The summed E-state index contributed by atoms with van der Waals surface area (Å²) < 4.78 is 11.2. The minimum Gasteiger partial charge on any atom is -0.492 e. The number of benzene rings is 1. The van der Waals surface area contributed by atoms with Gasteiger partial charge in [-0.3, -0.25) is 4.90 Å². The molecule has 3 rings (SSSR count). The lowest BCUT2D eigenvalue weighted by atomic mass is 10.2. The normalized spacial score (nSPS) is 18.8. The van der Waals surface area contributed by atoms with Crippen molar-refractivity contribution in [3.8, 4) is 5.75 Å². The number of nitrogens with two attached hydrogens (primary N) is 1. The summed E-state index contributed by atoms with van der Waals surface area (Å²) in [7, 11) is 0. The molecule has 6 nitrogen and oxygen atoms in total. The highest BCUT2D eigenvalue weighted by molar-refractivity contribution is 14.0. The van der Waals surface area contributed by atoms with Gasteiger partial charge in [-0.2, -0.15) is 0 Å². The molecule has 0 spiro atoms. The largest absolute Gasteiger partial charge is 0.492 e. The fraction of sp³-hybridized carbons (Fsp3) is 0.588. The lowest BCUT2D eigenvalue weighted by molar-refractivity contribution is 0.0322. The molecule has 0 amide bonds. The molecule has 0 radical (unpaired) electrons. The number of morpholine rings is 1. The molecule has 7 heteroatoms. The summed E-state index contributed by atoms with van der Waals surface area (Å²) in [6.07, 6.45) is 2.39. The predicted octanol–water partition coefficient (Wildman–Crippen LogP) is 1.58. The van der Waals surface area contributed by atoms with Gasteiger partial charge in [0.1, 0.15) is 12.4 Å². The molecule has 2 aliphatic rings. The van der Waals surface area contributed by atoms with Crippen molar-refractivity contribution < 1.29 is 9.47 Å². The minimum absolute atomic E-state index is 0. The Morgan fingerprint density at radius 1 is 1.33 bits per heavy atom. The van der Waals surface area contributed by atoms with Gasteiger partial charge < -0.3 is 20.5 Å². The number of hydrogen-bond acceptors (Lipinski definition) is 4. The molecule has 24 heavy (non-hydrogen) atoms. The molecule has 1 saturated carbocycles. The van der Waals surface area contributed by atoms with Crippen LogP contribution in [0.3, 0.4) is 0 Å². The van der Waals surface area contributed by atoms with Gasteiger partial charge in [-0.1, -0.05) is 12.1 Å². The van der Waals surface area contributed by atoms with E-state index in [0.29, 0.717) is 25.2 Å². The second kappa shape index (κ2) is 10.0. The second-order valence-corrected chi connectivity index (χ2v) is 6.07. The molecule has 1 aliphatic carbocycles. The van der Waals surface area contributed by atoms with Crippen molar-refractivity contribution in [2.24, 2.45) is 10.7 Å². The van der Waals surface area contributed by atoms with Crippen LogP contribution in [0.15, 0.2) is 29.3 Å². The van der Waals surface area contributed by atoms with Gasteiger partial charge in [-0.15, -0.1) is 24.0 Å². The van der Waals surface area contributed by atoms with Crippen molar-refractivity contribution in [1.82, 2.24) is 10.2 Å². The maximum atomic E-state index is 5.86. The molecule has 0 atom stereocenters. The van der Waals surface area contributed by atoms with Crippen LogP contribution >= 0.6 is 24.0 Å². The van der Waals surface area contributed by atoms with Crippen LogP contribution < -0.4 is 15.8 Å². The monoisotopic (exact) mass is 446 g/mol. The molecule has 0 unspecified atom stereocenters. The van der Waals surface area contributed by atoms with E-state index in [9.17, 15) is 0 Å². The zero-order valence-corrected chi connectivity index (χ0v) is 16.3. The third kappa shape index (κ3) is 6.82. The first-order chi connectivity index (χ1) is 11.3. The van der Waals surface area contributed by atoms with Gasteiger partial charge in [0, 0.05) is 25.7 Å². The molecule has 0 bridgehead atoms. The molecule has 1 aromatic carbocycles. The van der Waals surface area contributed by atoms with Crippen LogP contribution in [0.1, 0.15) is 18.4 Å². The van der Waals surface area contributed by atoms with Crippen LogP contribution in [0.4, 0.5) is 0 Å². The molecule has 3 N–H and O–H groups in total. The fourth-order valence-electron chi connectivity index (χ4n) is 2.51. The van der Waals surface area contributed by atoms with Gasteiger partial charge in [-0.25, -0.2) is 4.99 Å². The Morgan fingerprint density at radius 3 is 2.88 bits per heavy atom. The van der Waals surface area contributed by atoms with E-state index in [2.05, 4.69) is 15.2 Å². The number of halogens is 1. The van der Waals surface area contributed by atoms with E-state index >= 15 is 0 Å². The molecule has 134 valence electrons. The van der Waals surface area contributed by atoms with Crippen molar-refractivity contribution >= 4 is 29.9 Å². The van der Waals surface area contributed by atoms with Crippen molar-refractivity contribution in [2.45, 2.75) is 25.4 Å². The van der Waals surface area contributed by atoms with Gasteiger partial charge in [0.2, 0.25) is 0 Å². The van der Waals surface area contributed by atoms with E-state index in [1.807, 2.05) is 24.3 Å². The highest BCUT2D eigenvalue weighted by atomic mass is 127. The molecule has 1 heterocycles. The molecule has 1 aliphatic heterocycles. The summed E-state index contributed by atoms with van der Waals surface area (Å²) in [5.74, 6) is 1.42. The average molecular weight is 446 g/mol. The Balaban J connectivity index is 0.00000208. The predicted molar refractivity (Wildman–Crippen MR) is 106 cm³/mol. The zero-order valence-electron chi connectivity index (χ0n) is 13.9. The fourth-order valence-corrected chi connectivity index (χ4v) is 2.51. The summed E-state index contributed by atoms with van der Waals surface area (Å²) in [5.41, 5.74) is 6.96. The lowest BCUT2D eigenvalue weighted by Gasteiger charge is -2.26. The van der Waals surface area contributed by atoms with Gasteiger partial charge in [0.25, 0.3) is 0 Å². The number of nitrogens with one attached hydrogen (secondary N) is 1. The van der Waals surface area contributed by atoms with Crippen LogP contribution in [-0.4, -0.2) is 56.4 Å². The SMILES string of the molecule is I.NC(=NCc1cccc(OCCN2CCOCC2)c1)NC1CC1. The number of ether oxygens (including phenoxy) is 2. The summed E-state index contributed by atoms with van der Waals surface area (Å²) in [5, 5.41) is 3.19. The van der Waals surface area contributed by atoms with E-state index in [1.54, 1.807) is 0 Å². The first-order valence-corrected chi connectivity index (χ1v) is 8.38. The minimum atomic E-state index is 0. The molecule has 1 saturated heterocycles. The first-order valence-electron chi connectivity index (χ1n) is 8.38. The summed E-state index contributed by atoms with van der Waals surface area (Å²) in [6.45, 7) is 5.83. The Labute approximate surface area is 160 Å². The quantitative estimate of drug-likeness (QED) is 0.378. The summed E-state index contributed by atoms with van der Waals surface area (Å²) >= 11 is 0. The van der Waals surface area contributed by atoms with Crippen molar-refractivity contribution in [3.63, 3.8) is 0 Å². The van der Waals surface area contributed by atoms with Crippen molar-refractivity contribution in [3.05, 3.63) is 29.8 Å². The van der Waals surface area contributed by atoms with Crippen LogP contribution in [0.2, 0.25) is 0 Å². The molecular weight excluding hydrogens is 419 g/mol. The number of hydrogen-bond donors (Lipinski definition) is 2. The Morgan fingerprint density at radius 2 is 2.12 bits per heavy atom. The second-order valence-electron chi connectivity index (χ2n) is 6.07. The number of nitrogens with zero attached hydrogens (tertiary/aromatic N) is 2. The summed E-state index contributed by atoms with van der Waals surface area (Å²) in [6, 6.07) is 8.60. The maximum Gasteiger partial charge on any atom is 0.189 e. The van der Waals surface area contributed by atoms with Crippen LogP contribution in [0.5, 0.6) is 5.75 Å². The summed E-state index contributed by atoms with van der Waals surface area (Å²) in [4.78, 5) is 6.74. The lowest BCUT2D eigenvalue weighted by Crippen LogP contribution is -2.38. The topological polar surface area (TPSA) is 72.1 Å². The molecule has 1 aromatic rings. The molecule has 0 aromatic heterocycles. The van der Waals surface area contributed by atoms with E-state index in [-0.39, 0.29) is 24.0 Å². The number of rotatable bonds is 7. The molecule has 2 fully saturated rings. The highest BCUT2D eigenvalue weighted by Crippen LogP contribution is 2.18. The smallest absolute Gasteiger partial charge is 0.189 e. The average Bonchev–Trinajstić information content (AvgIpc) is 3.38. The Bertz CT molecular complexity index is 531. The van der Waals surface area contributed by atoms with Crippen LogP contribution in [-0.2, 0) is 11.3 Å². The highest BCUT2D eigenvalue weighted by Gasteiger charge is 2.21. The van der Waals surface area contributed by atoms with E-state index in [4.69, 9.17) is 15.2 Å². The van der Waals surface area contributed by atoms with E-state index in [0.717, 1.165) is 44.2 Å². The van der Waals surface area contributed by atoms with Gasteiger partial charge in [-0.05, 0) is 30.5 Å². The van der Waals surface area contributed by atoms with Crippen LogP contribution in [0, 0.1) is 0 Å². The molecular formula is C17H27IN4O2. The number of aliphatic imine (C=N–C) groups is 1. The maximum absolute atomic E-state index is 5.86. The van der Waals surface area contributed by atoms with E-state index in [1.165, 1.54) is 12.8 Å². The van der Waals surface area contributed by atoms with Crippen molar-refractivity contribution in [1.29, 1.82) is 0 Å². The first kappa shape index (κ1) is 19.3. The Hall–Kier alpha value is -1.06. The van der Waals surface area contributed by atoms with Gasteiger partial charge in [0.15, 0.2) is 5.96 Å². The van der Waals surface area contributed by atoms with Gasteiger partial charge in [0.05, 0.1) is 19.8 Å². The third-order valence-electron chi connectivity index (χ3n) is 4.04. The third-order valence-corrected chi connectivity index (χ3v) is 4.04. The standard InChI is InChI=1S/C17H26N4O2.HI/c18-17(20-15-4-5-15)19-13-14-2-1-3-16(12-14)23-11-8-21-6-9-22-10-7-21;/h1-3,12,15H,4-11,13H2,(H3,18,19,20);1H. The zero-order chi connectivity index (χ0) is 15.9.